The molecule has 0 bridgehead atoms. The molecule has 1 fully saturated rings. The van der Waals surface area contributed by atoms with Crippen molar-refractivity contribution in [1.29, 1.82) is 0 Å². The first kappa shape index (κ1) is 16.8. The van der Waals surface area contributed by atoms with Crippen molar-refractivity contribution in [1.82, 2.24) is 10.2 Å². The molecule has 2 N–H and O–H groups in total. The predicted octanol–water partition coefficient (Wildman–Crippen LogP) is 2.71. The van der Waals surface area contributed by atoms with Crippen molar-refractivity contribution in [2.24, 2.45) is 11.3 Å². The Morgan fingerprint density at radius 1 is 1.30 bits per heavy atom. The number of amides is 2. The van der Waals surface area contributed by atoms with Crippen LogP contribution in [0.2, 0.25) is 0 Å². The fourth-order valence-corrected chi connectivity index (χ4v) is 2.92. The first-order valence-electron chi connectivity index (χ1n) is 7.69. The third-order valence-corrected chi connectivity index (χ3v) is 4.61. The zero-order valence-electron chi connectivity index (χ0n) is 12.9. The molecule has 1 unspecified atom stereocenters. The minimum Gasteiger partial charge on any atom is -0.481 e. The Balaban J connectivity index is 2.48. The lowest BCUT2D eigenvalue weighted by Gasteiger charge is -2.30. The van der Waals surface area contributed by atoms with E-state index in [-0.39, 0.29) is 18.0 Å². The molecule has 5 nitrogen and oxygen atoms in total. The van der Waals surface area contributed by atoms with Crippen molar-refractivity contribution in [3.05, 3.63) is 0 Å². The largest absolute Gasteiger partial charge is 0.481 e. The van der Waals surface area contributed by atoms with Gasteiger partial charge in [-0.05, 0) is 31.6 Å². The van der Waals surface area contributed by atoms with Crippen LogP contribution in [0.3, 0.4) is 0 Å². The molecule has 1 atom stereocenters. The molecule has 0 aromatic carbocycles. The summed E-state index contributed by atoms with van der Waals surface area (Å²) < 4.78 is 0. The van der Waals surface area contributed by atoms with Crippen LogP contribution < -0.4 is 5.32 Å². The van der Waals surface area contributed by atoms with Crippen LogP contribution in [0.15, 0.2) is 0 Å². The third-order valence-electron chi connectivity index (χ3n) is 4.61. The van der Waals surface area contributed by atoms with E-state index in [1.54, 1.807) is 11.8 Å². The summed E-state index contributed by atoms with van der Waals surface area (Å²) in [6.07, 6.45) is 5.95. The summed E-state index contributed by atoms with van der Waals surface area (Å²) in [5, 5.41) is 11.9. The van der Waals surface area contributed by atoms with Gasteiger partial charge in [-0.1, -0.05) is 26.7 Å². The summed E-state index contributed by atoms with van der Waals surface area (Å²) in [5.41, 5.74) is 0.257. The molecule has 20 heavy (non-hydrogen) atoms. The van der Waals surface area contributed by atoms with E-state index in [4.69, 9.17) is 5.11 Å². The fourth-order valence-electron chi connectivity index (χ4n) is 2.92. The number of hydrogen-bond acceptors (Lipinski definition) is 2. The number of aliphatic carboxylic acids is 1. The van der Waals surface area contributed by atoms with Gasteiger partial charge in [-0.3, -0.25) is 4.79 Å². The van der Waals surface area contributed by atoms with E-state index in [0.29, 0.717) is 13.1 Å². The highest BCUT2D eigenvalue weighted by molar-refractivity contribution is 5.76. The number of carboxylic acids is 1. The number of carboxylic acid groups (broad SMARTS) is 1. The number of urea groups is 1. The Morgan fingerprint density at radius 3 is 2.35 bits per heavy atom. The first-order valence-corrected chi connectivity index (χ1v) is 7.69. The Hall–Kier alpha value is -1.26. The molecule has 1 rings (SSSR count). The molecular formula is C15H28N2O3. The Bertz CT molecular complexity index is 338. The number of carbonyl (C=O) groups is 2. The topological polar surface area (TPSA) is 69.6 Å². The highest BCUT2D eigenvalue weighted by Crippen LogP contribution is 2.40. The summed E-state index contributed by atoms with van der Waals surface area (Å²) in [5.74, 6) is -1.40. The summed E-state index contributed by atoms with van der Waals surface area (Å²) in [6.45, 7) is 7.18. The minimum absolute atomic E-state index is 0.139. The third kappa shape index (κ3) is 4.39. The van der Waals surface area contributed by atoms with Gasteiger partial charge in [-0.25, -0.2) is 4.79 Å². The second-order valence-corrected chi connectivity index (χ2v) is 6.00. The van der Waals surface area contributed by atoms with Gasteiger partial charge in [-0.15, -0.1) is 0 Å². The molecule has 0 saturated heterocycles. The molecule has 1 aliphatic rings. The summed E-state index contributed by atoms with van der Waals surface area (Å²) in [7, 11) is 0. The van der Waals surface area contributed by atoms with Gasteiger partial charge < -0.3 is 15.3 Å². The Morgan fingerprint density at radius 2 is 1.90 bits per heavy atom. The Kier molecular flexibility index (Phi) is 6.30. The summed E-state index contributed by atoms with van der Waals surface area (Å²) in [4.78, 5) is 24.6. The molecule has 1 saturated carbocycles. The lowest BCUT2D eigenvalue weighted by Crippen LogP contribution is -2.46. The van der Waals surface area contributed by atoms with Crippen molar-refractivity contribution in [2.45, 2.75) is 52.9 Å². The molecule has 116 valence electrons. The second kappa shape index (κ2) is 7.50. The van der Waals surface area contributed by atoms with Crippen LogP contribution in [0.25, 0.3) is 0 Å². The molecule has 0 radical (unpaired) electrons. The standard InChI is InChI=1S/C15H28N2O3/c1-4-15(8-6-7-9-15)11-16-14(20)17(5-2)10-12(3)13(18)19/h12H,4-11H2,1-3H3,(H,16,20)(H,18,19). The van der Waals surface area contributed by atoms with Crippen LogP contribution in [-0.2, 0) is 4.79 Å². The van der Waals surface area contributed by atoms with Crippen molar-refractivity contribution in [3.63, 3.8) is 0 Å². The average molecular weight is 284 g/mol. The van der Waals surface area contributed by atoms with Gasteiger partial charge in [0.2, 0.25) is 0 Å². The maximum absolute atomic E-state index is 12.2. The number of nitrogens with one attached hydrogen (secondary N) is 1. The van der Waals surface area contributed by atoms with Crippen molar-refractivity contribution in [3.8, 4) is 0 Å². The predicted molar refractivity (Wildman–Crippen MR) is 78.6 cm³/mol. The normalized spacial score (nSPS) is 18.6. The van der Waals surface area contributed by atoms with Gasteiger partial charge >= 0.3 is 12.0 Å². The minimum atomic E-state index is -0.864. The second-order valence-electron chi connectivity index (χ2n) is 6.00. The van der Waals surface area contributed by atoms with Crippen LogP contribution in [0, 0.1) is 11.3 Å². The molecule has 0 spiro atoms. The fraction of sp³-hybridized carbons (Fsp3) is 0.867. The van der Waals surface area contributed by atoms with Crippen LogP contribution >= 0.6 is 0 Å². The highest BCUT2D eigenvalue weighted by Gasteiger charge is 2.32. The van der Waals surface area contributed by atoms with E-state index in [9.17, 15) is 9.59 Å². The smallest absolute Gasteiger partial charge is 0.317 e. The van der Waals surface area contributed by atoms with Gasteiger partial charge in [0.25, 0.3) is 0 Å². The summed E-state index contributed by atoms with van der Waals surface area (Å²) >= 11 is 0. The number of rotatable bonds is 7. The van der Waals surface area contributed by atoms with E-state index in [0.717, 1.165) is 6.42 Å². The first-order chi connectivity index (χ1) is 9.44. The monoisotopic (exact) mass is 284 g/mol. The van der Waals surface area contributed by atoms with Crippen LogP contribution in [0.4, 0.5) is 4.79 Å². The van der Waals surface area contributed by atoms with E-state index in [1.807, 2.05) is 6.92 Å². The molecule has 0 aromatic heterocycles. The molecule has 0 aliphatic heterocycles. The molecule has 0 aromatic rings. The maximum Gasteiger partial charge on any atom is 0.317 e. The maximum atomic E-state index is 12.2. The number of carbonyl (C=O) groups excluding carboxylic acids is 1. The SMILES string of the molecule is CCN(CC(C)C(=O)O)C(=O)NCC1(CC)CCCC1. The molecule has 2 amide bonds. The molecular weight excluding hydrogens is 256 g/mol. The van der Waals surface area contributed by atoms with Crippen LogP contribution in [0.5, 0.6) is 0 Å². The number of hydrogen-bond donors (Lipinski definition) is 2. The number of nitrogens with zero attached hydrogens (tertiary/aromatic N) is 1. The van der Waals surface area contributed by atoms with E-state index in [2.05, 4.69) is 12.2 Å². The van der Waals surface area contributed by atoms with Crippen molar-refractivity contribution in [2.75, 3.05) is 19.6 Å². The zero-order valence-corrected chi connectivity index (χ0v) is 12.9. The molecule has 1 aliphatic carbocycles. The van der Waals surface area contributed by atoms with E-state index >= 15 is 0 Å². The van der Waals surface area contributed by atoms with E-state index < -0.39 is 11.9 Å². The van der Waals surface area contributed by atoms with Crippen molar-refractivity contribution < 1.29 is 14.7 Å². The van der Waals surface area contributed by atoms with Gasteiger partial charge in [0.1, 0.15) is 0 Å². The van der Waals surface area contributed by atoms with Gasteiger partial charge in [-0.2, -0.15) is 0 Å². The van der Waals surface area contributed by atoms with Crippen LogP contribution in [-0.4, -0.2) is 41.6 Å². The zero-order chi connectivity index (χ0) is 15.2. The van der Waals surface area contributed by atoms with Gasteiger partial charge in [0.15, 0.2) is 0 Å². The lowest BCUT2D eigenvalue weighted by atomic mass is 9.83. The molecule has 5 heteroatoms. The highest BCUT2D eigenvalue weighted by atomic mass is 16.4. The van der Waals surface area contributed by atoms with Crippen LogP contribution in [0.1, 0.15) is 52.9 Å². The average Bonchev–Trinajstić information content (AvgIpc) is 2.91. The lowest BCUT2D eigenvalue weighted by molar-refractivity contribution is -0.141. The van der Waals surface area contributed by atoms with Gasteiger partial charge in [0, 0.05) is 19.6 Å². The molecule has 0 heterocycles. The van der Waals surface area contributed by atoms with E-state index in [1.165, 1.54) is 25.7 Å². The quantitative estimate of drug-likeness (QED) is 0.755. The van der Waals surface area contributed by atoms with Gasteiger partial charge in [0.05, 0.1) is 5.92 Å². The Labute approximate surface area is 121 Å². The van der Waals surface area contributed by atoms with Crippen molar-refractivity contribution >= 4 is 12.0 Å². The summed E-state index contributed by atoms with van der Waals surface area (Å²) in [6, 6.07) is -0.139.